The molecule has 15 heavy (non-hydrogen) atoms. The van der Waals surface area contributed by atoms with E-state index in [2.05, 4.69) is 31.0 Å². The maximum absolute atomic E-state index is 5.50. The van der Waals surface area contributed by atoms with E-state index in [-0.39, 0.29) is 0 Å². The standard InChI is InChI=1S/C12H14N2O/c1-8-3-4-10(9(2)5-8)11-7-14-12(6-13)15-11/h3-5,7H,6,13H2,1-2H3. The fraction of sp³-hybridized carbons (Fsp3) is 0.250. The minimum absolute atomic E-state index is 0.338. The van der Waals surface area contributed by atoms with Gasteiger partial charge < -0.3 is 10.2 Å². The maximum atomic E-state index is 5.50. The largest absolute Gasteiger partial charge is 0.439 e. The number of aryl methyl sites for hydroxylation is 2. The Hall–Kier alpha value is -1.61. The van der Waals surface area contributed by atoms with E-state index >= 15 is 0 Å². The highest BCUT2D eigenvalue weighted by Gasteiger charge is 2.07. The molecule has 0 spiro atoms. The van der Waals surface area contributed by atoms with Gasteiger partial charge in [-0.15, -0.1) is 0 Å². The highest BCUT2D eigenvalue weighted by molar-refractivity contribution is 5.61. The molecule has 0 bridgehead atoms. The number of rotatable bonds is 2. The Kier molecular flexibility index (Phi) is 2.56. The van der Waals surface area contributed by atoms with Crippen LogP contribution < -0.4 is 5.73 Å². The van der Waals surface area contributed by atoms with Gasteiger partial charge in [-0.2, -0.15) is 0 Å². The van der Waals surface area contributed by atoms with Crippen molar-refractivity contribution in [3.63, 3.8) is 0 Å². The number of benzene rings is 1. The fourth-order valence-electron chi connectivity index (χ4n) is 1.62. The molecule has 2 rings (SSSR count). The van der Waals surface area contributed by atoms with Crippen LogP contribution in [0.15, 0.2) is 28.8 Å². The molecule has 0 aliphatic heterocycles. The molecule has 0 atom stereocenters. The van der Waals surface area contributed by atoms with Crippen LogP contribution in [0.1, 0.15) is 17.0 Å². The lowest BCUT2D eigenvalue weighted by atomic mass is 10.0. The zero-order valence-electron chi connectivity index (χ0n) is 8.95. The smallest absolute Gasteiger partial charge is 0.208 e. The van der Waals surface area contributed by atoms with Crippen molar-refractivity contribution in [1.82, 2.24) is 4.98 Å². The molecule has 3 heteroatoms. The predicted molar refractivity (Wildman–Crippen MR) is 59.3 cm³/mol. The molecule has 0 unspecified atom stereocenters. The molecule has 0 saturated heterocycles. The number of aromatic nitrogens is 1. The quantitative estimate of drug-likeness (QED) is 0.813. The molecule has 1 heterocycles. The summed E-state index contributed by atoms with van der Waals surface area (Å²) in [5.41, 5.74) is 8.96. The normalized spacial score (nSPS) is 10.6. The molecule has 1 aromatic carbocycles. The van der Waals surface area contributed by atoms with E-state index in [0.29, 0.717) is 12.4 Å². The van der Waals surface area contributed by atoms with Gasteiger partial charge in [0, 0.05) is 5.56 Å². The van der Waals surface area contributed by atoms with Crippen molar-refractivity contribution in [1.29, 1.82) is 0 Å². The van der Waals surface area contributed by atoms with Gasteiger partial charge >= 0.3 is 0 Å². The third-order valence-corrected chi connectivity index (χ3v) is 2.38. The van der Waals surface area contributed by atoms with Gasteiger partial charge in [0.1, 0.15) is 0 Å². The minimum Gasteiger partial charge on any atom is -0.439 e. The van der Waals surface area contributed by atoms with E-state index in [0.717, 1.165) is 11.3 Å². The highest BCUT2D eigenvalue weighted by Crippen LogP contribution is 2.24. The van der Waals surface area contributed by atoms with E-state index in [1.807, 2.05) is 6.07 Å². The number of hydrogen-bond acceptors (Lipinski definition) is 3. The number of nitrogens with zero attached hydrogens (tertiary/aromatic N) is 1. The van der Waals surface area contributed by atoms with Crippen LogP contribution in [0.5, 0.6) is 0 Å². The minimum atomic E-state index is 0.338. The van der Waals surface area contributed by atoms with Crippen LogP contribution in [0.3, 0.4) is 0 Å². The highest BCUT2D eigenvalue weighted by atomic mass is 16.4. The summed E-state index contributed by atoms with van der Waals surface area (Å²) >= 11 is 0. The van der Waals surface area contributed by atoms with Crippen molar-refractivity contribution in [3.8, 4) is 11.3 Å². The summed E-state index contributed by atoms with van der Waals surface area (Å²) in [5.74, 6) is 1.36. The first-order valence-corrected chi connectivity index (χ1v) is 4.93. The molecule has 2 N–H and O–H groups in total. The summed E-state index contributed by atoms with van der Waals surface area (Å²) in [4.78, 5) is 4.08. The first-order chi connectivity index (χ1) is 7.20. The van der Waals surface area contributed by atoms with Crippen molar-refractivity contribution in [2.24, 2.45) is 5.73 Å². The van der Waals surface area contributed by atoms with Crippen LogP contribution in [-0.4, -0.2) is 4.98 Å². The van der Waals surface area contributed by atoms with Gasteiger partial charge in [-0.1, -0.05) is 23.8 Å². The third kappa shape index (κ3) is 1.92. The second-order valence-corrected chi connectivity index (χ2v) is 3.64. The Morgan fingerprint density at radius 1 is 1.33 bits per heavy atom. The van der Waals surface area contributed by atoms with Crippen molar-refractivity contribution in [3.05, 3.63) is 41.4 Å². The Balaban J connectivity index is 2.44. The topological polar surface area (TPSA) is 52.0 Å². The summed E-state index contributed by atoms with van der Waals surface area (Å²) in [6.07, 6.45) is 1.72. The van der Waals surface area contributed by atoms with Crippen molar-refractivity contribution < 1.29 is 4.42 Å². The number of nitrogens with two attached hydrogens (primary N) is 1. The van der Waals surface area contributed by atoms with E-state index in [1.54, 1.807) is 6.20 Å². The summed E-state index contributed by atoms with van der Waals surface area (Å²) in [7, 11) is 0. The van der Waals surface area contributed by atoms with E-state index < -0.39 is 0 Å². The first-order valence-electron chi connectivity index (χ1n) is 4.93. The van der Waals surface area contributed by atoms with E-state index in [1.165, 1.54) is 11.1 Å². The molecule has 0 amide bonds. The van der Waals surface area contributed by atoms with Crippen LogP contribution in [0.2, 0.25) is 0 Å². The van der Waals surface area contributed by atoms with Crippen molar-refractivity contribution >= 4 is 0 Å². The molecule has 2 aromatic rings. The molecular formula is C12H14N2O. The third-order valence-electron chi connectivity index (χ3n) is 2.38. The maximum Gasteiger partial charge on any atom is 0.208 e. The van der Waals surface area contributed by atoms with Crippen LogP contribution in [0.25, 0.3) is 11.3 Å². The Morgan fingerprint density at radius 2 is 2.13 bits per heavy atom. The monoisotopic (exact) mass is 202 g/mol. The molecule has 0 fully saturated rings. The van der Waals surface area contributed by atoms with Crippen LogP contribution in [0.4, 0.5) is 0 Å². The van der Waals surface area contributed by atoms with E-state index in [4.69, 9.17) is 10.2 Å². The molecule has 1 aromatic heterocycles. The molecule has 0 radical (unpaired) electrons. The van der Waals surface area contributed by atoms with Gasteiger partial charge in [0.2, 0.25) is 5.89 Å². The zero-order valence-corrected chi connectivity index (χ0v) is 8.95. The molecule has 0 aliphatic rings. The molecule has 0 aliphatic carbocycles. The summed E-state index contributed by atoms with van der Waals surface area (Å²) in [6.45, 7) is 4.47. The van der Waals surface area contributed by atoms with Crippen molar-refractivity contribution in [2.75, 3.05) is 0 Å². The second-order valence-electron chi connectivity index (χ2n) is 3.64. The van der Waals surface area contributed by atoms with Gasteiger partial charge in [0.15, 0.2) is 5.76 Å². The molecule has 3 nitrogen and oxygen atoms in total. The van der Waals surface area contributed by atoms with Crippen LogP contribution in [-0.2, 0) is 6.54 Å². The molecular weight excluding hydrogens is 188 g/mol. The van der Waals surface area contributed by atoms with Crippen LogP contribution in [0, 0.1) is 13.8 Å². The summed E-state index contributed by atoms with van der Waals surface area (Å²) in [5, 5.41) is 0. The Labute approximate surface area is 88.9 Å². The van der Waals surface area contributed by atoms with Gasteiger partial charge in [0.25, 0.3) is 0 Å². The Bertz CT molecular complexity index is 474. The van der Waals surface area contributed by atoms with Gasteiger partial charge in [-0.25, -0.2) is 4.98 Å². The zero-order chi connectivity index (χ0) is 10.8. The average molecular weight is 202 g/mol. The average Bonchev–Trinajstić information content (AvgIpc) is 2.66. The van der Waals surface area contributed by atoms with Crippen molar-refractivity contribution in [2.45, 2.75) is 20.4 Å². The summed E-state index contributed by atoms with van der Waals surface area (Å²) < 4.78 is 5.50. The fourth-order valence-corrected chi connectivity index (χ4v) is 1.62. The molecule has 78 valence electrons. The molecule has 0 saturated carbocycles. The van der Waals surface area contributed by atoms with Crippen LogP contribution >= 0.6 is 0 Å². The van der Waals surface area contributed by atoms with E-state index in [9.17, 15) is 0 Å². The summed E-state index contributed by atoms with van der Waals surface area (Å²) in [6, 6.07) is 6.23. The second kappa shape index (κ2) is 3.87. The SMILES string of the molecule is Cc1ccc(-c2cnc(CN)o2)c(C)c1. The lowest BCUT2D eigenvalue weighted by molar-refractivity contribution is 0.509. The first kappa shape index (κ1) is 9.93. The number of hydrogen-bond donors (Lipinski definition) is 1. The van der Waals surface area contributed by atoms with Gasteiger partial charge in [0.05, 0.1) is 12.7 Å². The predicted octanol–water partition coefficient (Wildman–Crippen LogP) is 2.42. The lowest BCUT2D eigenvalue weighted by Gasteiger charge is -2.02. The van der Waals surface area contributed by atoms with Gasteiger partial charge in [-0.3, -0.25) is 0 Å². The van der Waals surface area contributed by atoms with Gasteiger partial charge in [-0.05, 0) is 19.4 Å². The number of oxazole rings is 1. The lowest BCUT2D eigenvalue weighted by Crippen LogP contribution is -1.94. The Morgan fingerprint density at radius 3 is 2.73 bits per heavy atom.